The van der Waals surface area contributed by atoms with Gasteiger partial charge in [-0.05, 0) is 52.6 Å². The molecule has 2 heterocycles. The SMILES string of the molecule is C[C@@H]1CN(CCCC2CCCCN2)C[C@H](C)O1. The molecule has 17 heavy (non-hydrogen) atoms. The number of rotatable bonds is 4. The van der Waals surface area contributed by atoms with Crippen LogP contribution in [0, 0.1) is 0 Å². The first-order chi connectivity index (χ1) is 8.24. The molecule has 3 heteroatoms. The van der Waals surface area contributed by atoms with E-state index >= 15 is 0 Å². The molecule has 3 nitrogen and oxygen atoms in total. The van der Waals surface area contributed by atoms with Crippen LogP contribution in [0.5, 0.6) is 0 Å². The number of nitrogens with one attached hydrogen (secondary N) is 1. The van der Waals surface area contributed by atoms with Crippen molar-refractivity contribution in [3.05, 3.63) is 0 Å². The van der Waals surface area contributed by atoms with E-state index in [0.717, 1.165) is 19.1 Å². The summed E-state index contributed by atoms with van der Waals surface area (Å²) >= 11 is 0. The smallest absolute Gasteiger partial charge is 0.0678 e. The van der Waals surface area contributed by atoms with Crippen molar-refractivity contribution in [2.75, 3.05) is 26.2 Å². The number of hydrogen-bond donors (Lipinski definition) is 1. The third-order valence-electron chi connectivity index (χ3n) is 3.93. The summed E-state index contributed by atoms with van der Waals surface area (Å²) in [6.07, 6.45) is 7.67. The van der Waals surface area contributed by atoms with E-state index in [1.807, 2.05) is 0 Å². The van der Waals surface area contributed by atoms with Crippen molar-refractivity contribution < 1.29 is 4.74 Å². The van der Waals surface area contributed by atoms with Crippen LogP contribution in [0.3, 0.4) is 0 Å². The van der Waals surface area contributed by atoms with Crippen LogP contribution in [0.15, 0.2) is 0 Å². The van der Waals surface area contributed by atoms with Crippen LogP contribution >= 0.6 is 0 Å². The van der Waals surface area contributed by atoms with Crippen molar-refractivity contribution in [3.8, 4) is 0 Å². The molecule has 0 radical (unpaired) electrons. The zero-order valence-electron chi connectivity index (χ0n) is 11.5. The Kier molecular flexibility index (Phi) is 5.26. The van der Waals surface area contributed by atoms with E-state index in [9.17, 15) is 0 Å². The van der Waals surface area contributed by atoms with E-state index in [0.29, 0.717) is 12.2 Å². The van der Waals surface area contributed by atoms with Gasteiger partial charge in [0.05, 0.1) is 12.2 Å². The fourth-order valence-corrected chi connectivity index (χ4v) is 3.20. The minimum Gasteiger partial charge on any atom is -0.373 e. The lowest BCUT2D eigenvalue weighted by Crippen LogP contribution is -2.46. The number of morpholine rings is 1. The summed E-state index contributed by atoms with van der Waals surface area (Å²) in [6.45, 7) is 9.08. The number of nitrogens with zero attached hydrogens (tertiary/aromatic N) is 1. The quantitative estimate of drug-likeness (QED) is 0.813. The van der Waals surface area contributed by atoms with Crippen molar-refractivity contribution >= 4 is 0 Å². The molecular formula is C14H28N2O. The highest BCUT2D eigenvalue weighted by Gasteiger charge is 2.22. The van der Waals surface area contributed by atoms with Gasteiger partial charge in [-0.2, -0.15) is 0 Å². The molecule has 0 aromatic carbocycles. The molecule has 3 atom stereocenters. The second-order valence-corrected chi connectivity index (χ2v) is 5.81. The maximum Gasteiger partial charge on any atom is 0.0678 e. The zero-order valence-corrected chi connectivity index (χ0v) is 11.5. The second-order valence-electron chi connectivity index (χ2n) is 5.81. The third-order valence-corrected chi connectivity index (χ3v) is 3.93. The van der Waals surface area contributed by atoms with Gasteiger partial charge in [-0.1, -0.05) is 6.42 Å². The van der Waals surface area contributed by atoms with Crippen molar-refractivity contribution in [3.63, 3.8) is 0 Å². The summed E-state index contributed by atoms with van der Waals surface area (Å²) in [5.74, 6) is 0. The molecule has 2 aliphatic rings. The van der Waals surface area contributed by atoms with Gasteiger partial charge in [-0.25, -0.2) is 0 Å². The van der Waals surface area contributed by atoms with Crippen LogP contribution in [-0.2, 0) is 4.74 Å². The summed E-state index contributed by atoms with van der Waals surface area (Å²) in [4.78, 5) is 2.57. The molecule has 0 aromatic rings. The van der Waals surface area contributed by atoms with Gasteiger partial charge in [0.25, 0.3) is 0 Å². The first kappa shape index (κ1) is 13.3. The highest BCUT2D eigenvalue weighted by Crippen LogP contribution is 2.14. The highest BCUT2D eigenvalue weighted by atomic mass is 16.5. The van der Waals surface area contributed by atoms with Crippen LogP contribution in [0.2, 0.25) is 0 Å². The molecule has 2 aliphatic heterocycles. The standard InChI is InChI=1S/C14H28N2O/c1-12-10-16(11-13(2)17-12)9-5-7-14-6-3-4-8-15-14/h12-15H,3-11H2,1-2H3/t12-,13+,14?. The number of piperidine rings is 1. The van der Waals surface area contributed by atoms with Gasteiger partial charge in [0.2, 0.25) is 0 Å². The van der Waals surface area contributed by atoms with E-state index in [-0.39, 0.29) is 0 Å². The molecule has 0 aliphatic carbocycles. The van der Waals surface area contributed by atoms with Crippen molar-refractivity contribution in [2.45, 2.75) is 64.2 Å². The van der Waals surface area contributed by atoms with E-state index < -0.39 is 0 Å². The summed E-state index contributed by atoms with van der Waals surface area (Å²) in [5, 5.41) is 3.63. The zero-order chi connectivity index (χ0) is 12.1. The number of hydrogen-bond acceptors (Lipinski definition) is 3. The Morgan fingerprint density at radius 3 is 2.59 bits per heavy atom. The van der Waals surface area contributed by atoms with Crippen molar-refractivity contribution in [2.24, 2.45) is 0 Å². The van der Waals surface area contributed by atoms with Crippen LogP contribution in [0.4, 0.5) is 0 Å². The average Bonchev–Trinajstić information content (AvgIpc) is 2.29. The van der Waals surface area contributed by atoms with E-state index in [1.165, 1.54) is 45.2 Å². The molecule has 0 saturated carbocycles. The lowest BCUT2D eigenvalue weighted by atomic mass is 10.0. The minimum absolute atomic E-state index is 0.409. The summed E-state index contributed by atoms with van der Waals surface area (Å²) < 4.78 is 5.76. The van der Waals surface area contributed by atoms with Crippen molar-refractivity contribution in [1.82, 2.24) is 10.2 Å². The summed E-state index contributed by atoms with van der Waals surface area (Å²) in [7, 11) is 0. The van der Waals surface area contributed by atoms with Crippen molar-refractivity contribution in [1.29, 1.82) is 0 Å². The van der Waals surface area contributed by atoms with Crippen LogP contribution in [-0.4, -0.2) is 49.3 Å². The molecule has 2 saturated heterocycles. The topological polar surface area (TPSA) is 24.5 Å². The van der Waals surface area contributed by atoms with Crippen LogP contribution in [0.1, 0.15) is 46.0 Å². The Labute approximate surface area is 106 Å². The summed E-state index contributed by atoms with van der Waals surface area (Å²) in [6, 6.07) is 0.791. The molecule has 0 amide bonds. The molecule has 1 N–H and O–H groups in total. The van der Waals surface area contributed by atoms with Crippen LogP contribution in [0.25, 0.3) is 0 Å². The van der Waals surface area contributed by atoms with Gasteiger partial charge >= 0.3 is 0 Å². The van der Waals surface area contributed by atoms with Gasteiger partial charge in [0.15, 0.2) is 0 Å². The highest BCUT2D eigenvalue weighted by molar-refractivity contribution is 4.75. The maximum absolute atomic E-state index is 5.76. The van der Waals surface area contributed by atoms with E-state index in [1.54, 1.807) is 0 Å². The molecule has 2 fully saturated rings. The molecule has 100 valence electrons. The number of ether oxygens (including phenoxy) is 1. The summed E-state index contributed by atoms with van der Waals surface area (Å²) in [5.41, 5.74) is 0. The van der Waals surface area contributed by atoms with E-state index in [2.05, 4.69) is 24.1 Å². The molecule has 0 bridgehead atoms. The van der Waals surface area contributed by atoms with Gasteiger partial charge < -0.3 is 10.1 Å². The Morgan fingerprint density at radius 2 is 1.94 bits per heavy atom. The molecule has 2 rings (SSSR count). The van der Waals surface area contributed by atoms with Gasteiger partial charge in [-0.15, -0.1) is 0 Å². The Balaban J connectivity index is 1.60. The first-order valence-electron chi connectivity index (χ1n) is 7.35. The lowest BCUT2D eigenvalue weighted by Gasteiger charge is -2.35. The molecule has 1 unspecified atom stereocenters. The third kappa shape index (κ3) is 4.57. The Hall–Kier alpha value is -0.120. The van der Waals surface area contributed by atoms with Gasteiger partial charge in [0.1, 0.15) is 0 Å². The van der Waals surface area contributed by atoms with E-state index in [4.69, 9.17) is 4.74 Å². The Bertz CT molecular complexity index is 206. The molecule has 0 aromatic heterocycles. The normalized spacial score (nSPS) is 36.0. The fourth-order valence-electron chi connectivity index (χ4n) is 3.20. The Morgan fingerprint density at radius 1 is 1.18 bits per heavy atom. The lowest BCUT2D eigenvalue weighted by molar-refractivity contribution is -0.0682. The average molecular weight is 240 g/mol. The predicted molar refractivity (Wildman–Crippen MR) is 71.3 cm³/mol. The largest absolute Gasteiger partial charge is 0.373 e. The first-order valence-corrected chi connectivity index (χ1v) is 7.35. The van der Waals surface area contributed by atoms with Gasteiger partial charge in [0, 0.05) is 19.1 Å². The van der Waals surface area contributed by atoms with Crippen LogP contribution < -0.4 is 5.32 Å². The fraction of sp³-hybridized carbons (Fsp3) is 1.00. The molecule has 0 spiro atoms. The second kappa shape index (κ2) is 6.72. The maximum atomic E-state index is 5.76. The van der Waals surface area contributed by atoms with Gasteiger partial charge in [-0.3, -0.25) is 4.90 Å². The monoisotopic (exact) mass is 240 g/mol. The molecular weight excluding hydrogens is 212 g/mol. The predicted octanol–water partition coefficient (Wildman–Crippen LogP) is 2.02. The minimum atomic E-state index is 0.409.